The number of hydrazine groups is 1. The highest BCUT2D eigenvalue weighted by Crippen LogP contribution is 2.53. The van der Waals surface area contributed by atoms with Gasteiger partial charge in [0.25, 0.3) is 0 Å². The van der Waals surface area contributed by atoms with E-state index in [2.05, 4.69) is 12.2 Å². The maximum Gasteiger partial charge on any atom is 0.460 e. The number of nitrogens with two attached hydrogens (primary N) is 1. The maximum absolute atomic E-state index is 13.0. The summed E-state index contributed by atoms with van der Waals surface area (Å²) in [5.74, 6) is -23.7. The minimum absolute atomic E-state index is 0.0490. The average molecular weight is 351 g/mol. The molecule has 0 aromatic rings. The van der Waals surface area contributed by atoms with Gasteiger partial charge in [-0.2, -0.15) is 39.5 Å². The molecule has 0 aromatic carbocycles. The summed E-state index contributed by atoms with van der Waals surface area (Å²) in [4.78, 5) is 10.8. The van der Waals surface area contributed by atoms with E-state index < -0.39 is 35.0 Å². The number of hydrogen-bond donors (Lipinski definition) is 2. The van der Waals surface area contributed by atoms with Crippen LogP contribution >= 0.6 is 12.2 Å². The van der Waals surface area contributed by atoms with Crippen molar-refractivity contribution in [3.63, 3.8) is 0 Å². The Kier molecular flexibility index (Phi) is 5.00. The van der Waals surface area contributed by atoms with Crippen molar-refractivity contribution in [1.29, 1.82) is 0 Å². The van der Waals surface area contributed by atoms with Gasteiger partial charge in [0.15, 0.2) is 5.11 Å². The minimum Gasteiger partial charge on any atom is -0.375 e. The van der Waals surface area contributed by atoms with Crippen molar-refractivity contribution in [3.8, 4) is 0 Å². The van der Waals surface area contributed by atoms with Crippen LogP contribution < -0.4 is 11.2 Å². The summed E-state index contributed by atoms with van der Waals surface area (Å²) in [7, 11) is 0.663. The molecule has 4 nitrogen and oxygen atoms in total. The van der Waals surface area contributed by atoms with Gasteiger partial charge in [-0.25, -0.2) is 0 Å². The summed E-state index contributed by atoms with van der Waals surface area (Å²) < 4.78 is 112. The molecule has 0 aliphatic rings. The number of nitrogens with one attached hydrogen (secondary N) is 1. The number of carbonyl (C=O) groups is 1. The van der Waals surface area contributed by atoms with Crippen LogP contribution in [0, 0.1) is 0 Å². The number of amides is 1. The standard InChI is InChI=1S/C7H6F9N3OS/c1-19(3(17)21)18-2(20)4(8,9)5(10,11)6(12,13)7(14,15)16/h1H3,(H2,17,21)(H,18,20). The highest BCUT2D eigenvalue weighted by atomic mass is 32.1. The topological polar surface area (TPSA) is 58.4 Å². The fourth-order valence-electron chi connectivity index (χ4n) is 0.795. The zero-order valence-electron chi connectivity index (χ0n) is 9.74. The molecule has 0 heterocycles. The summed E-state index contributed by atoms with van der Waals surface area (Å²) in [5.41, 5.74) is 5.62. The maximum atomic E-state index is 13.0. The Morgan fingerprint density at radius 2 is 1.38 bits per heavy atom. The summed E-state index contributed by atoms with van der Waals surface area (Å²) in [6, 6.07) is 0. The summed E-state index contributed by atoms with van der Waals surface area (Å²) in [5, 5.41) is -0.794. The summed E-state index contributed by atoms with van der Waals surface area (Å²) >= 11 is 4.11. The number of halogens is 9. The number of hydrogen-bond acceptors (Lipinski definition) is 2. The number of carbonyl (C=O) groups excluding carboxylic acids is 1. The molecule has 0 fully saturated rings. The molecule has 0 saturated heterocycles. The zero-order chi connectivity index (χ0) is 17.4. The molecular weight excluding hydrogens is 345 g/mol. The molecule has 0 atom stereocenters. The van der Waals surface area contributed by atoms with Gasteiger partial charge in [-0.05, 0) is 12.2 Å². The summed E-state index contributed by atoms with van der Waals surface area (Å²) in [6.07, 6.45) is -7.00. The molecule has 1 amide bonds. The molecular formula is C7H6F9N3OS. The van der Waals surface area contributed by atoms with Crippen molar-refractivity contribution >= 4 is 23.2 Å². The van der Waals surface area contributed by atoms with E-state index in [1.165, 1.54) is 0 Å². The quantitative estimate of drug-likeness (QED) is 0.461. The molecule has 0 rings (SSSR count). The minimum atomic E-state index is -7.15. The molecule has 0 radical (unpaired) electrons. The van der Waals surface area contributed by atoms with Gasteiger partial charge in [0.1, 0.15) is 0 Å². The SMILES string of the molecule is CN(NC(=O)C(F)(F)C(F)(F)C(F)(F)C(F)(F)F)C(N)=S. The van der Waals surface area contributed by atoms with Crippen LogP contribution in [0.15, 0.2) is 0 Å². The first-order valence-electron chi connectivity index (χ1n) is 4.54. The Labute approximate surface area is 116 Å². The summed E-state index contributed by atoms with van der Waals surface area (Å²) in [6.45, 7) is 0. The predicted molar refractivity (Wildman–Crippen MR) is 53.6 cm³/mol. The van der Waals surface area contributed by atoms with Crippen LogP contribution in [0.2, 0.25) is 0 Å². The highest BCUT2D eigenvalue weighted by molar-refractivity contribution is 7.80. The third-order valence-corrected chi connectivity index (χ3v) is 2.30. The van der Waals surface area contributed by atoms with E-state index in [9.17, 15) is 44.3 Å². The van der Waals surface area contributed by atoms with Crippen LogP contribution in [-0.2, 0) is 4.79 Å². The van der Waals surface area contributed by atoms with Gasteiger partial charge < -0.3 is 5.73 Å². The molecule has 21 heavy (non-hydrogen) atoms. The first-order valence-corrected chi connectivity index (χ1v) is 4.95. The molecule has 0 bridgehead atoms. The van der Waals surface area contributed by atoms with Crippen LogP contribution in [0.4, 0.5) is 39.5 Å². The van der Waals surface area contributed by atoms with Crippen LogP contribution in [-0.4, -0.2) is 47.0 Å². The van der Waals surface area contributed by atoms with Crippen molar-refractivity contribution in [2.45, 2.75) is 23.9 Å². The van der Waals surface area contributed by atoms with E-state index in [4.69, 9.17) is 5.73 Å². The molecule has 0 unspecified atom stereocenters. The second kappa shape index (κ2) is 5.38. The Balaban J connectivity index is 5.58. The van der Waals surface area contributed by atoms with Crippen LogP contribution in [0.5, 0.6) is 0 Å². The van der Waals surface area contributed by atoms with Crippen LogP contribution in [0.25, 0.3) is 0 Å². The fraction of sp³-hybridized carbons (Fsp3) is 0.714. The van der Waals surface area contributed by atoms with E-state index in [1.807, 2.05) is 0 Å². The van der Waals surface area contributed by atoms with E-state index in [1.54, 1.807) is 0 Å². The van der Waals surface area contributed by atoms with Gasteiger partial charge in [0, 0.05) is 7.05 Å². The lowest BCUT2D eigenvalue weighted by molar-refractivity contribution is -0.388. The van der Waals surface area contributed by atoms with Crippen molar-refractivity contribution in [2.24, 2.45) is 5.73 Å². The number of alkyl halides is 9. The number of nitrogens with zero attached hydrogens (tertiary/aromatic N) is 1. The van der Waals surface area contributed by atoms with Gasteiger partial charge in [-0.3, -0.25) is 15.2 Å². The first-order chi connectivity index (χ1) is 9.00. The van der Waals surface area contributed by atoms with E-state index in [-0.39, 0.29) is 5.01 Å². The lowest BCUT2D eigenvalue weighted by Crippen LogP contribution is -2.66. The van der Waals surface area contributed by atoms with Gasteiger partial charge in [-0.1, -0.05) is 0 Å². The molecule has 124 valence electrons. The lowest BCUT2D eigenvalue weighted by atomic mass is 10.0. The lowest BCUT2D eigenvalue weighted by Gasteiger charge is -2.33. The molecule has 3 N–H and O–H groups in total. The largest absolute Gasteiger partial charge is 0.460 e. The number of rotatable bonds is 3. The second-order valence-corrected chi connectivity index (χ2v) is 3.98. The van der Waals surface area contributed by atoms with Crippen molar-refractivity contribution in [3.05, 3.63) is 0 Å². The third kappa shape index (κ3) is 3.24. The van der Waals surface area contributed by atoms with Gasteiger partial charge in [0.2, 0.25) is 0 Å². The second-order valence-electron chi connectivity index (χ2n) is 3.56. The van der Waals surface area contributed by atoms with Gasteiger partial charge in [0.05, 0.1) is 0 Å². The molecule has 0 spiro atoms. The van der Waals surface area contributed by atoms with Crippen LogP contribution in [0.1, 0.15) is 0 Å². The smallest absolute Gasteiger partial charge is 0.375 e. The van der Waals surface area contributed by atoms with E-state index in [0.29, 0.717) is 7.05 Å². The predicted octanol–water partition coefficient (Wildman–Crippen LogP) is 1.66. The molecule has 0 aliphatic heterocycles. The first kappa shape index (κ1) is 19.5. The van der Waals surface area contributed by atoms with E-state index in [0.717, 1.165) is 5.43 Å². The zero-order valence-corrected chi connectivity index (χ0v) is 10.6. The highest BCUT2D eigenvalue weighted by Gasteiger charge is 2.83. The van der Waals surface area contributed by atoms with Crippen molar-refractivity contribution in [1.82, 2.24) is 10.4 Å². The Morgan fingerprint density at radius 3 is 1.67 bits per heavy atom. The molecule has 14 heteroatoms. The average Bonchev–Trinajstić information content (AvgIpc) is 2.26. The monoisotopic (exact) mass is 351 g/mol. The Hall–Kier alpha value is -1.47. The van der Waals surface area contributed by atoms with Gasteiger partial charge >= 0.3 is 29.9 Å². The number of thiocarbonyl (C=S) groups is 1. The molecule has 0 aromatic heterocycles. The fourth-order valence-corrected chi connectivity index (χ4v) is 0.841. The van der Waals surface area contributed by atoms with Gasteiger partial charge in [-0.15, -0.1) is 0 Å². The normalized spacial score (nSPS) is 13.8. The van der Waals surface area contributed by atoms with Crippen molar-refractivity contribution in [2.75, 3.05) is 7.05 Å². The van der Waals surface area contributed by atoms with Crippen molar-refractivity contribution < 1.29 is 44.3 Å². The van der Waals surface area contributed by atoms with E-state index >= 15 is 0 Å². The Bertz CT molecular complexity index is 436. The Morgan fingerprint density at radius 1 is 1.00 bits per heavy atom. The van der Waals surface area contributed by atoms with Crippen LogP contribution in [0.3, 0.4) is 0 Å². The molecule has 0 saturated carbocycles. The molecule has 0 aliphatic carbocycles. The third-order valence-electron chi connectivity index (χ3n) is 2.03.